The molecule has 0 spiro atoms. The van der Waals surface area contributed by atoms with Crippen molar-refractivity contribution in [3.8, 4) is 0 Å². The molecule has 0 aliphatic carbocycles. The second-order valence-electron chi connectivity index (χ2n) is 1.54. The van der Waals surface area contributed by atoms with Crippen LogP contribution in [0.25, 0.3) is 0 Å². The summed E-state index contributed by atoms with van der Waals surface area (Å²) in [5.74, 6) is 0. The maximum Gasteiger partial charge on any atom is 0.471 e. The molecule has 0 aliphatic heterocycles. The number of nitrogens with two attached hydrogens (primary N) is 1. The molecule has 0 heterocycles. The largest absolute Gasteiger partial charge is 0.471 e. The fourth-order valence-corrected chi connectivity index (χ4v) is 0.753. The molecule has 0 saturated carbocycles. The van der Waals surface area contributed by atoms with E-state index in [0.29, 0.717) is 6.42 Å². The topological polar surface area (TPSA) is 92.8 Å². The molecule has 1 unspecified atom stereocenters. The van der Waals surface area contributed by atoms with Crippen molar-refractivity contribution in [1.29, 1.82) is 0 Å². The van der Waals surface area contributed by atoms with E-state index in [1.165, 1.54) is 0 Å². The Morgan fingerprint density at radius 1 is 1.70 bits per heavy atom. The van der Waals surface area contributed by atoms with Crippen LogP contribution in [0.15, 0.2) is 0 Å². The molecule has 0 amide bonds. The Morgan fingerprint density at radius 2 is 2.10 bits per heavy atom. The van der Waals surface area contributed by atoms with E-state index >= 15 is 0 Å². The van der Waals surface area contributed by atoms with Crippen LogP contribution in [0.3, 0.4) is 0 Å². The molecule has 4 N–H and O–H groups in total. The summed E-state index contributed by atoms with van der Waals surface area (Å²) in [6, 6.07) is 0. The van der Waals surface area contributed by atoms with E-state index in [1.807, 2.05) is 0 Å². The molecule has 0 aromatic carbocycles. The van der Waals surface area contributed by atoms with Crippen molar-refractivity contribution in [2.45, 2.75) is 19.6 Å². The number of phosphoric acid groups is 1. The van der Waals surface area contributed by atoms with Gasteiger partial charge in [-0.15, -0.1) is 0 Å². The molecule has 1 atom stereocenters. The van der Waals surface area contributed by atoms with Crippen LogP contribution in [-0.4, -0.2) is 16.0 Å². The predicted molar refractivity (Wildman–Crippen MR) is 31.4 cm³/mol. The van der Waals surface area contributed by atoms with Crippen LogP contribution in [-0.2, 0) is 35.3 Å². The van der Waals surface area contributed by atoms with E-state index in [-0.39, 0.29) is 26.2 Å². The van der Waals surface area contributed by atoms with Gasteiger partial charge in [0.15, 0.2) is 0 Å². The molecule has 0 radical (unpaired) electrons. The third-order valence-corrected chi connectivity index (χ3v) is 1.22. The van der Waals surface area contributed by atoms with Gasteiger partial charge in [-0.2, -0.15) is 0 Å². The number of hydrogen-bond acceptors (Lipinski definition) is 3. The smallest absolute Gasteiger partial charge is 0.306 e. The molecule has 0 bridgehead atoms. The quantitative estimate of drug-likeness (QED) is 0.473. The Balaban J connectivity index is 0. The Hall–Kier alpha value is 0.953. The van der Waals surface area contributed by atoms with Crippen molar-refractivity contribution < 1.29 is 45.1 Å². The van der Waals surface area contributed by atoms with Gasteiger partial charge in [0.2, 0.25) is 0 Å². The van der Waals surface area contributed by atoms with Gasteiger partial charge in [0.25, 0.3) is 0 Å². The molecule has 0 aromatic rings. The second-order valence-corrected chi connectivity index (χ2v) is 2.73. The zero-order chi connectivity index (χ0) is 7.49. The molecule has 0 saturated heterocycles. The molecule has 7 heteroatoms. The van der Waals surface area contributed by atoms with Crippen molar-refractivity contribution in [1.82, 2.24) is 0 Å². The molecular formula is C3H10NO4PZr. The Bertz CT molecular complexity index is 126. The molecule has 5 nitrogen and oxygen atoms in total. The van der Waals surface area contributed by atoms with Gasteiger partial charge in [-0.3, -0.25) is 4.52 Å². The summed E-state index contributed by atoms with van der Waals surface area (Å²) >= 11 is 0. The summed E-state index contributed by atoms with van der Waals surface area (Å²) < 4.78 is 14.0. The molecule has 0 aliphatic rings. The van der Waals surface area contributed by atoms with E-state index in [2.05, 4.69) is 4.52 Å². The average molecular weight is 246 g/mol. The maximum absolute atomic E-state index is 9.99. The van der Waals surface area contributed by atoms with Crippen molar-refractivity contribution in [2.24, 2.45) is 5.73 Å². The van der Waals surface area contributed by atoms with Crippen LogP contribution in [0.5, 0.6) is 0 Å². The molecular weight excluding hydrogens is 236 g/mol. The summed E-state index contributed by atoms with van der Waals surface area (Å²) in [5, 5.41) is 0. The summed E-state index contributed by atoms with van der Waals surface area (Å²) in [4.78, 5) is 16.3. The monoisotopic (exact) mass is 245 g/mol. The standard InChI is InChI=1S/C3H10NO4P.Zr/c1-2-3(4)8-9(5,6)7;/h3H,2,4H2,1H3,(H2,5,6,7);. The van der Waals surface area contributed by atoms with E-state index in [9.17, 15) is 4.57 Å². The van der Waals surface area contributed by atoms with Crippen LogP contribution < -0.4 is 5.73 Å². The Labute approximate surface area is 78.3 Å². The van der Waals surface area contributed by atoms with Gasteiger partial charge in [0, 0.05) is 26.2 Å². The first-order valence-corrected chi connectivity index (χ1v) is 3.98. The van der Waals surface area contributed by atoms with E-state index in [1.54, 1.807) is 6.92 Å². The van der Waals surface area contributed by atoms with Crippen molar-refractivity contribution >= 4 is 7.82 Å². The minimum atomic E-state index is -4.36. The van der Waals surface area contributed by atoms with Gasteiger partial charge in [-0.1, -0.05) is 6.92 Å². The summed E-state index contributed by atoms with van der Waals surface area (Å²) in [6.45, 7) is 1.67. The van der Waals surface area contributed by atoms with E-state index in [0.717, 1.165) is 0 Å². The first-order valence-electron chi connectivity index (χ1n) is 2.45. The Morgan fingerprint density at radius 3 is 2.20 bits per heavy atom. The molecule has 60 valence electrons. The van der Waals surface area contributed by atoms with Crippen LogP contribution in [0.1, 0.15) is 13.3 Å². The van der Waals surface area contributed by atoms with Gasteiger partial charge in [0.05, 0.1) is 0 Å². The normalized spacial score (nSPS) is 14.0. The van der Waals surface area contributed by atoms with Crippen molar-refractivity contribution in [3.63, 3.8) is 0 Å². The minimum Gasteiger partial charge on any atom is -0.306 e. The van der Waals surface area contributed by atoms with Gasteiger partial charge in [-0.05, 0) is 6.42 Å². The molecule has 10 heavy (non-hydrogen) atoms. The van der Waals surface area contributed by atoms with E-state index < -0.39 is 14.1 Å². The Kier molecular flexibility index (Phi) is 7.56. The number of hydrogen-bond donors (Lipinski definition) is 3. The van der Waals surface area contributed by atoms with Gasteiger partial charge in [-0.25, -0.2) is 4.57 Å². The second kappa shape index (κ2) is 5.58. The third-order valence-electron chi connectivity index (χ3n) is 0.675. The number of phosphoric ester groups is 1. The molecule has 0 fully saturated rings. The van der Waals surface area contributed by atoms with Crippen molar-refractivity contribution in [3.05, 3.63) is 0 Å². The predicted octanol–water partition coefficient (Wildman–Crippen LogP) is -0.212. The zero-order valence-electron chi connectivity index (χ0n) is 5.52. The number of rotatable bonds is 3. The van der Waals surface area contributed by atoms with Crippen LogP contribution in [0, 0.1) is 0 Å². The fraction of sp³-hybridized carbons (Fsp3) is 1.00. The van der Waals surface area contributed by atoms with Gasteiger partial charge >= 0.3 is 7.82 Å². The van der Waals surface area contributed by atoms with Crippen molar-refractivity contribution in [2.75, 3.05) is 0 Å². The first-order chi connectivity index (χ1) is 3.95. The summed E-state index contributed by atoms with van der Waals surface area (Å²) in [6.07, 6.45) is -0.490. The average Bonchev–Trinajstić information content (AvgIpc) is 1.62. The van der Waals surface area contributed by atoms with Gasteiger partial charge in [0.1, 0.15) is 6.23 Å². The summed E-state index contributed by atoms with van der Waals surface area (Å²) in [7, 11) is -4.36. The van der Waals surface area contributed by atoms with Gasteiger partial charge < -0.3 is 15.5 Å². The molecule has 0 aromatic heterocycles. The van der Waals surface area contributed by atoms with Crippen LogP contribution in [0.2, 0.25) is 0 Å². The zero-order valence-corrected chi connectivity index (χ0v) is 8.87. The fourth-order valence-electron chi connectivity index (χ4n) is 0.251. The first kappa shape index (κ1) is 13.5. The van der Waals surface area contributed by atoms with Crippen LogP contribution >= 0.6 is 7.82 Å². The molecule has 0 rings (SSSR count). The van der Waals surface area contributed by atoms with E-state index in [4.69, 9.17) is 15.5 Å². The summed E-state index contributed by atoms with van der Waals surface area (Å²) in [5.41, 5.74) is 5.04. The van der Waals surface area contributed by atoms with Crippen LogP contribution in [0.4, 0.5) is 0 Å². The minimum absolute atomic E-state index is 0. The third kappa shape index (κ3) is 8.95. The SMILES string of the molecule is CCC(N)OP(=O)(O)O.[Zr]. The maximum atomic E-state index is 9.99.